The highest BCUT2D eigenvalue weighted by molar-refractivity contribution is 9.10. The Morgan fingerprint density at radius 1 is 1.33 bits per heavy atom. The van der Waals surface area contributed by atoms with Gasteiger partial charge < -0.3 is 5.73 Å². The third kappa shape index (κ3) is 1.92. The van der Waals surface area contributed by atoms with E-state index in [-0.39, 0.29) is 0 Å². The van der Waals surface area contributed by atoms with Gasteiger partial charge in [-0.15, -0.1) is 0 Å². The lowest BCUT2D eigenvalue weighted by Crippen LogP contribution is -2.22. The molecule has 0 saturated heterocycles. The number of rotatable bonds is 2. The number of nitrogens with two attached hydrogens (primary N) is 1. The van der Waals surface area contributed by atoms with Crippen LogP contribution in [0.5, 0.6) is 0 Å². The third-order valence-corrected chi connectivity index (χ3v) is 1.80. The quantitative estimate of drug-likeness (QED) is 0.608. The minimum atomic E-state index is -0.937. The third-order valence-electron chi connectivity index (χ3n) is 1.31. The molecule has 1 amide bonds. The number of carbonyl (C=O) groups is 2. The topological polar surface area (TPSA) is 60.2 Å². The van der Waals surface area contributed by atoms with E-state index in [1.807, 2.05) is 0 Å². The van der Waals surface area contributed by atoms with Gasteiger partial charge in [-0.3, -0.25) is 9.59 Å². The first-order valence-corrected chi connectivity index (χ1v) is 4.00. The van der Waals surface area contributed by atoms with E-state index < -0.39 is 11.7 Å². The Labute approximate surface area is 77.7 Å². The fourth-order valence-electron chi connectivity index (χ4n) is 0.772. The van der Waals surface area contributed by atoms with E-state index in [1.165, 1.54) is 6.07 Å². The molecule has 0 spiro atoms. The van der Waals surface area contributed by atoms with Gasteiger partial charge in [0.1, 0.15) is 0 Å². The van der Waals surface area contributed by atoms with Crippen molar-refractivity contribution in [3.63, 3.8) is 0 Å². The maximum Gasteiger partial charge on any atom is 0.289 e. The maximum atomic E-state index is 11.0. The van der Waals surface area contributed by atoms with Crippen molar-refractivity contribution >= 4 is 27.6 Å². The number of halogens is 1. The predicted octanol–water partition coefficient (Wildman–Crippen LogP) is 1.12. The molecule has 0 aliphatic heterocycles. The van der Waals surface area contributed by atoms with Crippen LogP contribution in [0, 0.1) is 0 Å². The van der Waals surface area contributed by atoms with E-state index in [2.05, 4.69) is 15.9 Å². The summed E-state index contributed by atoms with van der Waals surface area (Å²) in [6.07, 6.45) is 0. The molecular formula is C8H6BrNO2. The highest BCUT2D eigenvalue weighted by Crippen LogP contribution is 2.11. The summed E-state index contributed by atoms with van der Waals surface area (Å²) in [5.41, 5.74) is 5.12. The second kappa shape index (κ2) is 3.49. The summed E-state index contributed by atoms with van der Waals surface area (Å²) in [5.74, 6) is -1.61. The van der Waals surface area contributed by atoms with Gasteiger partial charge in [0.25, 0.3) is 5.91 Å². The molecule has 0 heterocycles. The molecule has 12 heavy (non-hydrogen) atoms. The summed E-state index contributed by atoms with van der Waals surface area (Å²) in [6, 6.07) is 6.52. The molecule has 0 aliphatic rings. The Kier molecular flexibility index (Phi) is 2.60. The van der Waals surface area contributed by atoms with Gasteiger partial charge in [-0.2, -0.15) is 0 Å². The van der Waals surface area contributed by atoms with Crippen LogP contribution < -0.4 is 5.73 Å². The summed E-state index contributed by atoms with van der Waals surface area (Å²) in [5, 5.41) is 0. The van der Waals surface area contributed by atoms with Crippen molar-refractivity contribution in [1.82, 2.24) is 0 Å². The Bertz CT molecular complexity index is 336. The fourth-order valence-corrected chi connectivity index (χ4v) is 1.17. The van der Waals surface area contributed by atoms with Gasteiger partial charge in [0.2, 0.25) is 5.78 Å². The second-order valence-corrected chi connectivity index (χ2v) is 3.12. The second-order valence-electron chi connectivity index (χ2n) is 2.20. The molecule has 0 atom stereocenters. The molecule has 0 unspecified atom stereocenters. The molecule has 0 aliphatic carbocycles. The average Bonchev–Trinajstić information content (AvgIpc) is 2.03. The molecule has 4 heteroatoms. The predicted molar refractivity (Wildman–Crippen MR) is 47.7 cm³/mol. The summed E-state index contributed by atoms with van der Waals surface area (Å²) < 4.78 is 0.745. The average molecular weight is 228 g/mol. The lowest BCUT2D eigenvalue weighted by Gasteiger charge is -1.95. The molecule has 62 valence electrons. The van der Waals surface area contributed by atoms with E-state index in [0.717, 1.165) is 4.47 Å². The van der Waals surface area contributed by atoms with Gasteiger partial charge in [0, 0.05) is 10.0 Å². The molecule has 1 rings (SSSR count). The largest absolute Gasteiger partial charge is 0.363 e. The highest BCUT2D eigenvalue weighted by Gasteiger charge is 2.11. The first kappa shape index (κ1) is 8.93. The minimum absolute atomic E-state index is 0.303. The lowest BCUT2D eigenvalue weighted by molar-refractivity contribution is -0.114. The van der Waals surface area contributed by atoms with Crippen LogP contribution in [0.2, 0.25) is 0 Å². The molecule has 2 N–H and O–H groups in total. The Morgan fingerprint density at radius 2 is 2.00 bits per heavy atom. The Balaban J connectivity index is 3.04. The number of Topliss-reactive ketones (excluding diaryl/α,β-unsaturated/α-hetero) is 1. The van der Waals surface area contributed by atoms with Crippen LogP contribution in [0.25, 0.3) is 0 Å². The Hall–Kier alpha value is -1.16. The minimum Gasteiger partial charge on any atom is -0.363 e. The zero-order valence-electron chi connectivity index (χ0n) is 6.08. The first-order valence-electron chi connectivity index (χ1n) is 3.21. The monoisotopic (exact) mass is 227 g/mol. The summed E-state index contributed by atoms with van der Waals surface area (Å²) in [7, 11) is 0. The number of hydrogen-bond donors (Lipinski definition) is 1. The van der Waals surface area contributed by atoms with Crippen LogP contribution in [0.3, 0.4) is 0 Å². The number of amides is 1. The molecule has 3 nitrogen and oxygen atoms in total. The van der Waals surface area contributed by atoms with Crippen molar-refractivity contribution in [3.8, 4) is 0 Å². The van der Waals surface area contributed by atoms with Gasteiger partial charge in [-0.25, -0.2) is 0 Å². The van der Waals surface area contributed by atoms with Gasteiger partial charge >= 0.3 is 0 Å². The van der Waals surface area contributed by atoms with Gasteiger partial charge in [-0.1, -0.05) is 28.1 Å². The summed E-state index contributed by atoms with van der Waals surface area (Å²) in [4.78, 5) is 21.5. The molecule has 1 aromatic rings. The zero-order chi connectivity index (χ0) is 9.14. The van der Waals surface area contributed by atoms with Gasteiger partial charge in [-0.05, 0) is 12.1 Å². The lowest BCUT2D eigenvalue weighted by atomic mass is 10.1. The highest BCUT2D eigenvalue weighted by atomic mass is 79.9. The molecule has 1 aromatic carbocycles. The van der Waals surface area contributed by atoms with Crippen LogP contribution in [-0.2, 0) is 4.79 Å². The zero-order valence-corrected chi connectivity index (χ0v) is 7.67. The van der Waals surface area contributed by atoms with Crippen molar-refractivity contribution < 1.29 is 9.59 Å². The normalized spacial score (nSPS) is 9.42. The van der Waals surface area contributed by atoms with Crippen molar-refractivity contribution in [1.29, 1.82) is 0 Å². The van der Waals surface area contributed by atoms with E-state index in [1.54, 1.807) is 18.2 Å². The maximum absolute atomic E-state index is 11.0. The first-order chi connectivity index (χ1) is 5.61. The molecule has 0 radical (unpaired) electrons. The standard InChI is InChI=1S/C8H6BrNO2/c9-6-3-1-2-5(4-6)7(11)8(10)12/h1-4H,(H2,10,12). The molecule has 0 bridgehead atoms. The fraction of sp³-hybridized carbons (Fsp3) is 0. The molecular weight excluding hydrogens is 222 g/mol. The molecule has 0 aromatic heterocycles. The van der Waals surface area contributed by atoms with Crippen LogP contribution in [0.15, 0.2) is 28.7 Å². The van der Waals surface area contributed by atoms with Gasteiger partial charge in [0.15, 0.2) is 0 Å². The number of primary amides is 1. The molecule has 0 saturated carbocycles. The van der Waals surface area contributed by atoms with Crippen molar-refractivity contribution in [2.45, 2.75) is 0 Å². The van der Waals surface area contributed by atoms with Crippen LogP contribution in [-0.4, -0.2) is 11.7 Å². The Morgan fingerprint density at radius 3 is 2.50 bits per heavy atom. The SMILES string of the molecule is NC(=O)C(=O)c1cccc(Br)c1. The smallest absolute Gasteiger partial charge is 0.289 e. The summed E-state index contributed by atoms with van der Waals surface area (Å²) in [6.45, 7) is 0. The van der Waals surface area contributed by atoms with Crippen molar-refractivity contribution in [2.75, 3.05) is 0 Å². The van der Waals surface area contributed by atoms with Crippen molar-refractivity contribution in [2.24, 2.45) is 5.73 Å². The van der Waals surface area contributed by atoms with E-state index >= 15 is 0 Å². The number of ketones is 1. The van der Waals surface area contributed by atoms with Gasteiger partial charge in [0.05, 0.1) is 0 Å². The number of hydrogen-bond acceptors (Lipinski definition) is 2. The van der Waals surface area contributed by atoms with Crippen LogP contribution in [0.4, 0.5) is 0 Å². The van der Waals surface area contributed by atoms with Crippen LogP contribution in [0.1, 0.15) is 10.4 Å². The van der Waals surface area contributed by atoms with Crippen LogP contribution >= 0.6 is 15.9 Å². The van der Waals surface area contributed by atoms with Crippen molar-refractivity contribution in [3.05, 3.63) is 34.3 Å². The van der Waals surface area contributed by atoms with E-state index in [4.69, 9.17) is 5.73 Å². The number of benzene rings is 1. The number of carbonyl (C=O) groups excluding carboxylic acids is 2. The van der Waals surface area contributed by atoms with E-state index in [0.29, 0.717) is 5.56 Å². The van der Waals surface area contributed by atoms with E-state index in [9.17, 15) is 9.59 Å². The molecule has 0 fully saturated rings. The summed E-state index contributed by atoms with van der Waals surface area (Å²) >= 11 is 3.18.